The molecule has 1 amide bonds. The van der Waals surface area contributed by atoms with Crippen molar-refractivity contribution in [1.82, 2.24) is 0 Å². The number of Topliss-reactive ketones (excluding diaryl/α,β-unsaturated/α-hetero) is 1. The van der Waals surface area contributed by atoms with Gasteiger partial charge in [-0.2, -0.15) is 0 Å². The van der Waals surface area contributed by atoms with Crippen molar-refractivity contribution in [2.24, 2.45) is 0 Å². The lowest BCUT2D eigenvalue weighted by Crippen LogP contribution is -2.38. The number of hydrogen-bond acceptors (Lipinski definition) is 3. The molecular weight excluding hydrogens is 314 g/mol. The maximum atomic E-state index is 12.7. The Kier molecular flexibility index (Phi) is 4.35. The molecule has 2 aromatic carbocycles. The highest BCUT2D eigenvalue weighted by Gasteiger charge is 2.37. The van der Waals surface area contributed by atoms with E-state index in [0.717, 1.165) is 0 Å². The summed E-state index contributed by atoms with van der Waals surface area (Å²) in [5, 5.41) is 0.580. The minimum Gasteiger partial charge on any atom is -0.497 e. The Hall–Kier alpha value is -2.33. The summed E-state index contributed by atoms with van der Waals surface area (Å²) in [5.41, 5.74) is 1.27. The summed E-state index contributed by atoms with van der Waals surface area (Å²) in [7, 11) is 1.59. The highest BCUT2D eigenvalue weighted by molar-refractivity contribution is 6.30. The molecule has 5 heteroatoms. The number of amides is 1. The Labute approximate surface area is 139 Å². The normalized spacial score (nSPS) is 17.4. The van der Waals surface area contributed by atoms with E-state index in [-0.39, 0.29) is 11.7 Å². The van der Waals surface area contributed by atoms with Crippen molar-refractivity contribution >= 4 is 29.0 Å². The number of halogens is 1. The Bertz CT molecular complexity index is 725. The molecule has 1 unspecified atom stereocenters. The van der Waals surface area contributed by atoms with Gasteiger partial charge >= 0.3 is 0 Å². The SMILES string of the molecule is COc1ccc(N2C(=O)CCC2C(=O)c2ccc(Cl)cc2)cc1. The van der Waals surface area contributed by atoms with E-state index in [1.807, 2.05) is 0 Å². The van der Waals surface area contributed by atoms with Crippen LogP contribution in [-0.2, 0) is 4.79 Å². The van der Waals surface area contributed by atoms with E-state index >= 15 is 0 Å². The number of methoxy groups -OCH3 is 1. The summed E-state index contributed by atoms with van der Waals surface area (Å²) >= 11 is 5.86. The third-order valence-corrected chi connectivity index (χ3v) is 4.25. The first-order valence-corrected chi connectivity index (χ1v) is 7.74. The van der Waals surface area contributed by atoms with Gasteiger partial charge in [-0.05, 0) is 55.0 Å². The van der Waals surface area contributed by atoms with Gasteiger partial charge in [-0.3, -0.25) is 9.59 Å². The minimum atomic E-state index is -0.475. The first kappa shape index (κ1) is 15.6. The summed E-state index contributed by atoms with van der Waals surface area (Å²) < 4.78 is 5.13. The van der Waals surface area contributed by atoms with Gasteiger partial charge in [-0.25, -0.2) is 0 Å². The second-order valence-corrected chi connectivity index (χ2v) is 5.82. The van der Waals surface area contributed by atoms with Crippen LogP contribution in [0.3, 0.4) is 0 Å². The van der Waals surface area contributed by atoms with E-state index in [9.17, 15) is 9.59 Å². The van der Waals surface area contributed by atoms with E-state index in [4.69, 9.17) is 16.3 Å². The van der Waals surface area contributed by atoms with Crippen LogP contribution in [0.5, 0.6) is 5.75 Å². The predicted molar refractivity (Wildman–Crippen MR) is 89.3 cm³/mol. The maximum absolute atomic E-state index is 12.7. The fourth-order valence-corrected chi connectivity index (χ4v) is 2.93. The van der Waals surface area contributed by atoms with Crippen LogP contribution in [0.1, 0.15) is 23.2 Å². The number of hydrogen-bond donors (Lipinski definition) is 0. The maximum Gasteiger partial charge on any atom is 0.227 e. The smallest absolute Gasteiger partial charge is 0.227 e. The lowest BCUT2D eigenvalue weighted by molar-refractivity contribution is -0.117. The highest BCUT2D eigenvalue weighted by Crippen LogP contribution is 2.30. The standard InChI is InChI=1S/C18H16ClNO3/c1-23-15-8-6-14(7-9-15)20-16(10-11-17(20)21)18(22)12-2-4-13(19)5-3-12/h2-9,16H,10-11H2,1H3. The van der Waals surface area contributed by atoms with Gasteiger partial charge < -0.3 is 9.64 Å². The lowest BCUT2D eigenvalue weighted by atomic mass is 10.0. The van der Waals surface area contributed by atoms with Crippen LogP contribution in [-0.4, -0.2) is 24.8 Å². The molecule has 0 radical (unpaired) electrons. The van der Waals surface area contributed by atoms with Crippen LogP contribution in [0, 0.1) is 0 Å². The zero-order chi connectivity index (χ0) is 16.4. The third-order valence-electron chi connectivity index (χ3n) is 3.99. The van der Waals surface area contributed by atoms with Crippen molar-refractivity contribution in [2.75, 3.05) is 12.0 Å². The minimum absolute atomic E-state index is 0.0394. The number of rotatable bonds is 4. The van der Waals surface area contributed by atoms with Gasteiger partial charge in [0.2, 0.25) is 5.91 Å². The lowest BCUT2D eigenvalue weighted by Gasteiger charge is -2.24. The van der Waals surface area contributed by atoms with Crippen LogP contribution >= 0.6 is 11.6 Å². The van der Waals surface area contributed by atoms with E-state index < -0.39 is 6.04 Å². The Morgan fingerprint density at radius 1 is 1.13 bits per heavy atom. The Morgan fingerprint density at radius 2 is 1.78 bits per heavy atom. The zero-order valence-corrected chi connectivity index (χ0v) is 13.4. The predicted octanol–water partition coefficient (Wildman–Crippen LogP) is 3.73. The number of nitrogens with zero attached hydrogens (tertiary/aromatic N) is 1. The molecule has 1 heterocycles. The molecule has 23 heavy (non-hydrogen) atoms. The monoisotopic (exact) mass is 329 g/mol. The first-order chi connectivity index (χ1) is 11.1. The second kappa shape index (κ2) is 6.42. The molecule has 1 fully saturated rings. The molecule has 118 valence electrons. The van der Waals surface area contributed by atoms with Crippen molar-refractivity contribution in [1.29, 1.82) is 0 Å². The fourth-order valence-electron chi connectivity index (χ4n) is 2.81. The van der Waals surface area contributed by atoms with Crippen molar-refractivity contribution in [3.63, 3.8) is 0 Å². The van der Waals surface area contributed by atoms with Gasteiger partial charge in [-0.1, -0.05) is 11.6 Å². The topological polar surface area (TPSA) is 46.6 Å². The molecule has 1 atom stereocenters. The van der Waals surface area contributed by atoms with Gasteiger partial charge in [0.25, 0.3) is 0 Å². The van der Waals surface area contributed by atoms with Crippen LogP contribution in [0.15, 0.2) is 48.5 Å². The van der Waals surface area contributed by atoms with Crippen LogP contribution in [0.4, 0.5) is 5.69 Å². The molecule has 1 aliphatic rings. The molecule has 0 aromatic heterocycles. The molecule has 0 spiro atoms. The van der Waals surface area contributed by atoms with Crippen molar-refractivity contribution < 1.29 is 14.3 Å². The molecule has 0 N–H and O–H groups in total. The van der Waals surface area contributed by atoms with E-state index in [0.29, 0.717) is 34.9 Å². The molecular formula is C18H16ClNO3. The van der Waals surface area contributed by atoms with Crippen LogP contribution < -0.4 is 9.64 Å². The van der Waals surface area contributed by atoms with Crippen molar-refractivity contribution in [3.8, 4) is 5.75 Å². The van der Waals surface area contributed by atoms with E-state index in [1.54, 1.807) is 60.5 Å². The summed E-state index contributed by atoms with van der Waals surface area (Å²) in [4.78, 5) is 26.6. The molecule has 0 aliphatic carbocycles. The summed E-state index contributed by atoms with van der Waals surface area (Å²) in [5.74, 6) is 0.604. The van der Waals surface area contributed by atoms with Crippen molar-refractivity contribution in [2.45, 2.75) is 18.9 Å². The Balaban J connectivity index is 1.89. The quantitative estimate of drug-likeness (QED) is 0.803. The van der Waals surface area contributed by atoms with E-state index in [1.165, 1.54) is 0 Å². The average Bonchev–Trinajstić information content (AvgIpc) is 2.96. The second-order valence-electron chi connectivity index (χ2n) is 5.39. The number of ether oxygens (including phenoxy) is 1. The molecule has 0 bridgehead atoms. The van der Waals surface area contributed by atoms with Crippen molar-refractivity contribution in [3.05, 3.63) is 59.1 Å². The van der Waals surface area contributed by atoms with Crippen LogP contribution in [0.25, 0.3) is 0 Å². The van der Waals surface area contributed by atoms with Gasteiger partial charge in [0.1, 0.15) is 11.8 Å². The summed E-state index contributed by atoms with van der Waals surface area (Å²) in [6, 6.07) is 13.4. The molecule has 1 aliphatic heterocycles. The third kappa shape index (κ3) is 3.08. The highest BCUT2D eigenvalue weighted by atomic mass is 35.5. The zero-order valence-electron chi connectivity index (χ0n) is 12.7. The van der Waals surface area contributed by atoms with Gasteiger partial charge in [0.05, 0.1) is 7.11 Å². The van der Waals surface area contributed by atoms with Gasteiger partial charge in [0, 0.05) is 22.7 Å². The number of carbonyl (C=O) groups excluding carboxylic acids is 2. The number of carbonyl (C=O) groups is 2. The fraction of sp³-hybridized carbons (Fsp3) is 0.222. The van der Waals surface area contributed by atoms with Crippen LogP contribution in [0.2, 0.25) is 5.02 Å². The molecule has 0 saturated carbocycles. The molecule has 4 nitrogen and oxygen atoms in total. The molecule has 1 saturated heterocycles. The average molecular weight is 330 g/mol. The number of ketones is 1. The van der Waals surface area contributed by atoms with Gasteiger partial charge in [-0.15, -0.1) is 0 Å². The van der Waals surface area contributed by atoms with E-state index in [2.05, 4.69) is 0 Å². The first-order valence-electron chi connectivity index (χ1n) is 7.36. The summed E-state index contributed by atoms with van der Waals surface area (Å²) in [6.07, 6.45) is 0.891. The number of anilines is 1. The summed E-state index contributed by atoms with van der Waals surface area (Å²) in [6.45, 7) is 0. The van der Waals surface area contributed by atoms with Gasteiger partial charge in [0.15, 0.2) is 5.78 Å². The number of benzene rings is 2. The molecule has 2 aromatic rings. The largest absolute Gasteiger partial charge is 0.497 e. The Morgan fingerprint density at radius 3 is 2.39 bits per heavy atom. The molecule has 3 rings (SSSR count).